The molecular weight excluding hydrogens is 304 g/mol. The highest BCUT2D eigenvalue weighted by molar-refractivity contribution is 6.15. The number of carbonyl (C=O) groups is 2. The molecule has 0 saturated carbocycles. The number of aromatic hydroxyl groups is 3. The van der Waals surface area contributed by atoms with E-state index in [-0.39, 0.29) is 34.1 Å². The van der Waals surface area contributed by atoms with Crippen LogP contribution in [0.4, 0.5) is 0 Å². The van der Waals surface area contributed by atoms with Crippen molar-refractivity contribution in [3.05, 3.63) is 29.3 Å². The third kappa shape index (κ3) is 2.08. The minimum absolute atomic E-state index is 0.0550. The number of phenols is 3. The number of carboxylic acid groups (broad SMARTS) is 1. The third-order valence-corrected chi connectivity index (χ3v) is 4.18. The topological polar surface area (TPSA) is 135 Å². The van der Waals surface area contributed by atoms with Gasteiger partial charge in [-0.05, 0) is 30.0 Å². The summed E-state index contributed by atoms with van der Waals surface area (Å²) in [6.45, 7) is 1.24. The molecule has 0 aliphatic heterocycles. The molecule has 2 aromatic rings. The number of carbonyl (C=O) groups excluding carboxylic acids is 1. The Labute approximate surface area is 130 Å². The third-order valence-electron chi connectivity index (χ3n) is 4.18. The Bertz CT molecular complexity index is 867. The minimum Gasteiger partial charge on any atom is -0.508 e. The van der Waals surface area contributed by atoms with Crippen LogP contribution in [0.15, 0.2) is 18.2 Å². The molecule has 2 aromatic carbocycles. The first kappa shape index (κ1) is 15.1. The second-order valence-electron chi connectivity index (χ2n) is 5.99. The van der Waals surface area contributed by atoms with Crippen LogP contribution in [0.3, 0.4) is 0 Å². The Hall–Kier alpha value is -2.80. The number of Topliss-reactive ketones (excluding diaryl/α,β-unsaturated/α-hetero) is 1. The molecule has 2 atom stereocenters. The van der Waals surface area contributed by atoms with Crippen LogP contribution in [0.25, 0.3) is 10.8 Å². The van der Waals surface area contributed by atoms with Crippen LogP contribution in [0.1, 0.15) is 22.8 Å². The number of phenolic OH excluding ortho intramolecular Hbond substituents is 3. The first-order valence-electron chi connectivity index (χ1n) is 6.83. The van der Waals surface area contributed by atoms with Crippen LogP contribution >= 0.6 is 0 Å². The zero-order chi connectivity index (χ0) is 17.1. The molecule has 120 valence electrons. The lowest BCUT2D eigenvalue weighted by Crippen LogP contribution is -2.49. The summed E-state index contributed by atoms with van der Waals surface area (Å²) in [4.78, 5) is 23.8. The van der Waals surface area contributed by atoms with Gasteiger partial charge in [-0.15, -0.1) is 0 Å². The molecular formula is C16H14O7. The zero-order valence-corrected chi connectivity index (χ0v) is 12.1. The first-order chi connectivity index (χ1) is 10.6. The van der Waals surface area contributed by atoms with Gasteiger partial charge in [-0.25, -0.2) is 0 Å². The van der Waals surface area contributed by atoms with Crippen molar-refractivity contribution >= 4 is 22.5 Å². The Morgan fingerprint density at radius 1 is 1.22 bits per heavy atom. The highest BCUT2D eigenvalue weighted by atomic mass is 16.4. The van der Waals surface area contributed by atoms with E-state index in [1.165, 1.54) is 19.1 Å². The number of rotatable bonds is 1. The van der Waals surface area contributed by atoms with E-state index in [0.29, 0.717) is 0 Å². The molecule has 23 heavy (non-hydrogen) atoms. The number of ketones is 1. The van der Waals surface area contributed by atoms with Gasteiger partial charge >= 0.3 is 5.97 Å². The van der Waals surface area contributed by atoms with E-state index in [0.717, 1.165) is 6.07 Å². The van der Waals surface area contributed by atoms with Crippen molar-refractivity contribution in [1.82, 2.24) is 0 Å². The fourth-order valence-corrected chi connectivity index (χ4v) is 3.25. The summed E-state index contributed by atoms with van der Waals surface area (Å²) in [7, 11) is 0. The molecule has 0 saturated heterocycles. The van der Waals surface area contributed by atoms with Crippen molar-refractivity contribution < 1.29 is 35.1 Å². The maximum absolute atomic E-state index is 12.5. The van der Waals surface area contributed by atoms with Crippen molar-refractivity contribution in [2.45, 2.75) is 18.9 Å². The molecule has 0 bridgehead atoms. The highest BCUT2D eigenvalue weighted by Gasteiger charge is 2.49. The Balaban J connectivity index is 2.36. The number of aliphatic carboxylic acids is 1. The molecule has 7 heteroatoms. The number of fused-ring (bicyclic) bond motifs is 2. The fraction of sp³-hybridized carbons (Fsp3) is 0.250. The van der Waals surface area contributed by atoms with E-state index < -0.39 is 34.8 Å². The van der Waals surface area contributed by atoms with E-state index in [4.69, 9.17) is 0 Å². The molecule has 1 aliphatic carbocycles. The van der Waals surface area contributed by atoms with Crippen molar-refractivity contribution in [2.75, 3.05) is 0 Å². The maximum atomic E-state index is 12.5. The van der Waals surface area contributed by atoms with E-state index in [2.05, 4.69) is 0 Å². The average molecular weight is 318 g/mol. The SMILES string of the molecule is C[C@@]1(O)Cc2cc3cc(O)cc(O)c3c(O)c2C(=O)C1C(=O)O. The van der Waals surface area contributed by atoms with Gasteiger partial charge in [0.2, 0.25) is 0 Å². The van der Waals surface area contributed by atoms with Gasteiger partial charge in [-0.1, -0.05) is 0 Å². The predicted molar refractivity (Wildman–Crippen MR) is 78.7 cm³/mol. The first-order valence-corrected chi connectivity index (χ1v) is 6.83. The summed E-state index contributed by atoms with van der Waals surface area (Å²) in [6, 6.07) is 3.73. The van der Waals surface area contributed by atoms with Crippen LogP contribution in [0.5, 0.6) is 17.2 Å². The molecule has 0 fully saturated rings. The Morgan fingerprint density at radius 2 is 1.87 bits per heavy atom. The lowest BCUT2D eigenvalue weighted by atomic mass is 9.71. The second kappa shape index (κ2) is 4.60. The van der Waals surface area contributed by atoms with Gasteiger partial charge in [0.05, 0.1) is 16.6 Å². The van der Waals surface area contributed by atoms with Crippen molar-refractivity contribution in [2.24, 2.45) is 5.92 Å². The summed E-state index contributed by atoms with van der Waals surface area (Å²) in [5.74, 6) is -5.33. The minimum atomic E-state index is -1.81. The second-order valence-corrected chi connectivity index (χ2v) is 5.99. The standard InChI is InChI=1S/C16H14O7/c1-16(23)5-7-2-6-3-8(17)4-9(18)10(6)13(19)11(7)14(20)12(16)15(21)22/h2-4,12,17-19,23H,5H2,1H3,(H,21,22)/t12?,16-/m1/s1. The van der Waals surface area contributed by atoms with Crippen molar-refractivity contribution in [3.8, 4) is 17.2 Å². The predicted octanol–water partition coefficient (Wildman–Crippen LogP) is 1.15. The number of aliphatic hydroxyl groups is 1. The Morgan fingerprint density at radius 3 is 2.48 bits per heavy atom. The summed E-state index contributed by atoms with van der Waals surface area (Å²) >= 11 is 0. The van der Waals surface area contributed by atoms with Crippen LogP contribution in [0, 0.1) is 5.92 Å². The maximum Gasteiger partial charge on any atom is 0.317 e. The lowest BCUT2D eigenvalue weighted by molar-refractivity contribution is -0.147. The van der Waals surface area contributed by atoms with Gasteiger partial charge in [0.25, 0.3) is 0 Å². The number of benzene rings is 2. The molecule has 0 aromatic heterocycles. The van der Waals surface area contributed by atoms with E-state index in [1.54, 1.807) is 0 Å². The van der Waals surface area contributed by atoms with E-state index in [1.807, 2.05) is 0 Å². The lowest BCUT2D eigenvalue weighted by Gasteiger charge is -2.35. The molecule has 0 heterocycles. The molecule has 1 aliphatic rings. The molecule has 1 unspecified atom stereocenters. The molecule has 0 spiro atoms. The molecule has 3 rings (SSSR count). The fourth-order valence-electron chi connectivity index (χ4n) is 3.25. The smallest absolute Gasteiger partial charge is 0.317 e. The summed E-state index contributed by atoms with van der Waals surface area (Å²) < 4.78 is 0. The largest absolute Gasteiger partial charge is 0.508 e. The molecule has 0 radical (unpaired) electrons. The van der Waals surface area contributed by atoms with Crippen molar-refractivity contribution in [3.63, 3.8) is 0 Å². The van der Waals surface area contributed by atoms with Crippen LogP contribution in [0.2, 0.25) is 0 Å². The van der Waals surface area contributed by atoms with Gasteiger partial charge in [0.15, 0.2) is 5.78 Å². The van der Waals surface area contributed by atoms with Crippen LogP contribution < -0.4 is 0 Å². The highest BCUT2D eigenvalue weighted by Crippen LogP contribution is 2.44. The van der Waals surface area contributed by atoms with Gasteiger partial charge in [0.1, 0.15) is 23.2 Å². The Kier molecular flexibility index (Phi) is 3.02. The summed E-state index contributed by atoms with van der Waals surface area (Å²) in [5.41, 5.74) is -1.78. The molecule has 7 nitrogen and oxygen atoms in total. The molecule has 5 N–H and O–H groups in total. The number of hydrogen-bond donors (Lipinski definition) is 5. The average Bonchev–Trinajstić information content (AvgIpc) is 2.34. The van der Waals surface area contributed by atoms with Crippen LogP contribution in [-0.2, 0) is 11.2 Å². The monoisotopic (exact) mass is 318 g/mol. The van der Waals surface area contributed by atoms with Crippen molar-refractivity contribution in [1.29, 1.82) is 0 Å². The number of carboxylic acids is 1. The summed E-state index contributed by atoms with van der Waals surface area (Å²) in [6.07, 6.45) is -0.162. The van der Waals surface area contributed by atoms with Gasteiger partial charge < -0.3 is 25.5 Å². The normalized spacial score (nSPS) is 23.7. The van der Waals surface area contributed by atoms with Crippen LogP contribution in [-0.4, -0.2) is 42.9 Å². The van der Waals surface area contributed by atoms with E-state index >= 15 is 0 Å². The van der Waals surface area contributed by atoms with Gasteiger partial charge in [-0.2, -0.15) is 0 Å². The number of hydrogen-bond acceptors (Lipinski definition) is 6. The summed E-state index contributed by atoms with van der Waals surface area (Å²) in [5, 5.41) is 49.6. The quantitative estimate of drug-likeness (QED) is 0.498. The van der Waals surface area contributed by atoms with E-state index in [9.17, 15) is 35.1 Å². The zero-order valence-electron chi connectivity index (χ0n) is 12.1. The molecule has 0 amide bonds. The van der Waals surface area contributed by atoms with Gasteiger partial charge in [0, 0.05) is 12.5 Å². The van der Waals surface area contributed by atoms with Gasteiger partial charge in [-0.3, -0.25) is 9.59 Å².